The van der Waals surface area contributed by atoms with E-state index in [1.807, 2.05) is 17.8 Å². The summed E-state index contributed by atoms with van der Waals surface area (Å²) in [4.78, 5) is 16.7. The minimum Gasteiger partial charge on any atom is -0.367 e. The average Bonchev–Trinajstić information content (AvgIpc) is 2.51. The lowest BCUT2D eigenvalue weighted by Crippen LogP contribution is -2.64. The highest BCUT2D eigenvalue weighted by atomic mass is 16.5. The second kappa shape index (κ2) is 3.23. The third-order valence-electron chi connectivity index (χ3n) is 2.82. The number of hydrogen-bond donors (Lipinski definition) is 1. The number of likely N-dealkylation sites (tertiary alicyclic amines) is 1. The van der Waals surface area contributed by atoms with Gasteiger partial charge in [0.05, 0.1) is 13.1 Å². The van der Waals surface area contributed by atoms with E-state index in [2.05, 4.69) is 4.98 Å². The second-order valence-electron chi connectivity index (χ2n) is 3.75. The number of aromatic nitrogens is 2. The van der Waals surface area contributed by atoms with Crippen LogP contribution in [0.2, 0.25) is 0 Å². The summed E-state index contributed by atoms with van der Waals surface area (Å²) in [5.41, 5.74) is 4.68. The number of imidazole rings is 1. The van der Waals surface area contributed by atoms with Crippen molar-refractivity contribution in [3.8, 4) is 0 Å². The van der Waals surface area contributed by atoms with Gasteiger partial charge in [-0.1, -0.05) is 0 Å². The van der Waals surface area contributed by atoms with Crippen LogP contribution in [-0.4, -0.2) is 40.7 Å². The largest absolute Gasteiger partial charge is 0.367 e. The molecular weight excluding hydrogens is 196 g/mol. The van der Waals surface area contributed by atoms with Crippen LogP contribution in [0.15, 0.2) is 12.4 Å². The van der Waals surface area contributed by atoms with E-state index in [0.717, 1.165) is 5.82 Å². The highest BCUT2D eigenvalue weighted by Gasteiger charge is 2.49. The quantitative estimate of drug-likeness (QED) is 0.725. The third kappa shape index (κ3) is 1.37. The van der Waals surface area contributed by atoms with Crippen LogP contribution in [0.3, 0.4) is 0 Å². The number of rotatable bonds is 2. The first-order chi connectivity index (χ1) is 7.09. The molecule has 15 heavy (non-hydrogen) atoms. The number of ether oxygens (including phenoxy) is 1. The maximum absolute atomic E-state index is 10.9. The molecule has 1 aromatic rings. The van der Waals surface area contributed by atoms with Crippen LogP contribution in [0.1, 0.15) is 5.82 Å². The Bertz CT molecular complexity index is 381. The smallest absolute Gasteiger partial charge is 0.315 e. The van der Waals surface area contributed by atoms with Crippen LogP contribution in [0.25, 0.3) is 0 Å². The van der Waals surface area contributed by atoms with E-state index in [1.54, 1.807) is 13.3 Å². The summed E-state index contributed by atoms with van der Waals surface area (Å²) in [5, 5.41) is 0. The Kier molecular flexibility index (Phi) is 2.15. The lowest BCUT2D eigenvalue weighted by atomic mass is 9.93. The predicted molar refractivity (Wildman–Crippen MR) is 53.1 cm³/mol. The Morgan fingerprint density at radius 3 is 2.73 bits per heavy atom. The first kappa shape index (κ1) is 9.97. The summed E-state index contributed by atoms with van der Waals surface area (Å²) in [6.07, 6.45) is 3.56. The van der Waals surface area contributed by atoms with E-state index in [-0.39, 0.29) is 0 Å². The van der Waals surface area contributed by atoms with Crippen molar-refractivity contribution in [2.24, 2.45) is 12.8 Å². The fourth-order valence-electron chi connectivity index (χ4n) is 1.89. The number of carbonyl (C=O) groups excluding carboxylic acids is 1. The maximum atomic E-state index is 10.9. The molecule has 0 radical (unpaired) electrons. The number of aryl methyl sites for hydroxylation is 1. The van der Waals surface area contributed by atoms with Crippen LogP contribution in [0.5, 0.6) is 0 Å². The van der Waals surface area contributed by atoms with Crippen LogP contribution in [0, 0.1) is 0 Å². The van der Waals surface area contributed by atoms with Crippen molar-refractivity contribution in [3.05, 3.63) is 18.2 Å². The molecule has 6 nitrogen and oxygen atoms in total. The van der Waals surface area contributed by atoms with Crippen molar-refractivity contribution in [2.75, 3.05) is 20.2 Å². The lowest BCUT2D eigenvalue weighted by Gasteiger charge is -2.47. The normalized spacial score (nSPS) is 18.7. The number of carbonyl (C=O) groups is 1. The zero-order valence-electron chi connectivity index (χ0n) is 8.80. The molecule has 1 aliphatic rings. The number of nitrogens with zero attached hydrogens (tertiary/aromatic N) is 3. The number of primary amides is 1. The molecule has 0 aromatic carbocycles. The number of methoxy groups -OCH3 is 1. The average molecular weight is 210 g/mol. The lowest BCUT2D eigenvalue weighted by molar-refractivity contribution is -0.117. The Morgan fingerprint density at radius 2 is 2.33 bits per heavy atom. The summed E-state index contributed by atoms with van der Waals surface area (Å²) >= 11 is 0. The first-order valence-electron chi connectivity index (χ1n) is 4.66. The maximum Gasteiger partial charge on any atom is 0.315 e. The molecule has 6 heteroatoms. The van der Waals surface area contributed by atoms with Crippen LogP contribution < -0.4 is 5.73 Å². The van der Waals surface area contributed by atoms with Gasteiger partial charge in [0.2, 0.25) is 0 Å². The van der Waals surface area contributed by atoms with Crippen molar-refractivity contribution in [2.45, 2.75) is 5.60 Å². The predicted octanol–water partition coefficient (Wildman–Crippen LogP) is -0.344. The molecule has 0 saturated carbocycles. The van der Waals surface area contributed by atoms with E-state index >= 15 is 0 Å². The van der Waals surface area contributed by atoms with Gasteiger partial charge in [0.1, 0.15) is 5.82 Å². The van der Waals surface area contributed by atoms with Gasteiger partial charge in [0.25, 0.3) is 0 Å². The van der Waals surface area contributed by atoms with E-state index in [0.29, 0.717) is 13.1 Å². The van der Waals surface area contributed by atoms with Crippen molar-refractivity contribution in [1.82, 2.24) is 14.5 Å². The Labute approximate surface area is 87.6 Å². The van der Waals surface area contributed by atoms with Gasteiger partial charge in [-0.2, -0.15) is 0 Å². The summed E-state index contributed by atoms with van der Waals surface area (Å²) < 4.78 is 7.34. The zero-order valence-corrected chi connectivity index (χ0v) is 8.80. The van der Waals surface area contributed by atoms with Gasteiger partial charge >= 0.3 is 6.03 Å². The molecule has 0 unspecified atom stereocenters. The molecule has 82 valence electrons. The number of nitrogens with two attached hydrogens (primary N) is 1. The number of hydrogen-bond acceptors (Lipinski definition) is 3. The van der Waals surface area contributed by atoms with Crippen LogP contribution >= 0.6 is 0 Å². The molecule has 1 aromatic heterocycles. The summed E-state index contributed by atoms with van der Waals surface area (Å²) in [6, 6.07) is -0.420. The van der Waals surface area contributed by atoms with Gasteiger partial charge in [-0.05, 0) is 0 Å². The standard InChI is InChI=1S/C9H14N4O2/c1-12-4-3-11-7(12)9(15-2)5-13(6-9)8(10)14/h3-4H,5-6H2,1-2H3,(H2,10,14). The Balaban J connectivity index is 2.21. The zero-order chi connectivity index (χ0) is 11.1. The first-order valence-corrected chi connectivity index (χ1v) is 4.66. The van der Waals surface area contributed by atoms with Crippen molar-refractivity contribution in [3.63, 3.8) is 0 Å². The summed E-state index contributed by atoms with van der Waals surface area (Å²) in [6.45, 7) is 0.924. The van der Waals surface area contributed by atoms with Crippen molar-refractivity contribution < 1.29 is 9.53 Å². The van der Waals surface area contributed by atoms with E-state index in [9.17, 15) is 4.79 Å². The minimum atomic E-state index is -0.493. The van der Waals surface area contributed by atoms with E-state index in [4.69, 9.17) is 10.5 Å². The Morgan fingerprint density at radius 1 is 1.67 bits per heavy atom. The fraction of sp³-hybridized carbons (Fsp3) is 0.556. The van der Waals surface area contributed by atoms with E-state index in [1.165, 1.54) is 4.90 Å². The van der Waals surface area contributed by atoms with Crippen LogP contribution in [-0.2, 0) is 17.4 Å². The van der Waals surface area contributed by atoms with Crippen molar-refractivity contribution in [1.29, 1.82) is 0 Å². The van der Waals surface area contributed by atoms with Crippen molar-refractivity contribution >= 4 is 6.03 Å². The topological polar surface area (TPSA) is 73.4 Å². The molecule has 1 aliphatic heterocycles. The van der Waals surface area contributed by atoms with Crippen LogP contribution in [0.4, 0.5) is 4.79 Å². The molecule has 2 rings (SSSR count). The molecule has 1 saturated heterocycles. The minimum absolute atomic E-state index is 0.420. The molecule has 0 bridgehead atoms. The van der Waals surface area contributed by atoms with Gasteiger partial charge < -0.3 is 19.9 Å². The Hall–Kier alpha value is -1.56. The van der Waals surface area contributed by atoms with Gasteiger partial charge in [0.15, 0.2) is 5.60 Å². The number of urea groups is 1. The summed E-state index contributed by atoms with van der Waals surface area (Å²) in [5.74, 6) is 0.822. The highest BCUT2D eigenvalue weighted by Crippen LogP contribution is 2.33. The molecule has 2 amide bonds. The van der Waals surface area contributed by atoms with Gasteiger partial charge in [-0.15, -0.1) is 0 Å². The molecule has 2 N–H and O–H groups in total. The summed E-state index contributed by atoms with van der Waals surface area (Å²) in [7, 11) is 3.52. The molecule has 0 aliphatic carbocycles. The molecule has 2 heterocycles. The number of amides is 2. The van der Waals surface area contributed by atoms with Gasteiger partial charge in [-0.3, -0.25) is 0 Å². The van der Waals surface area contributed by atoms with E-state index < -0.39 is 11.6 Å². The fourth-order valence-corrected chi connectivity index (χ4v) is 1.89. The van der Waals surface area contributed by atoms with Gasteiger partial charge in [-0.25, -0.2) is 9.78 Å². The molecule has 0 atom stereocenters. The monoisotopic (exact) mass is 210 g/mol. The third-order valence-corrected chi connectivity index (χ3v) is 2.82. The molecule has 0 spiro atoms. The molecule has 1 fully saturated rings. The van der Waals surface area contributed by atoms with Gasteiger partial charge in [0, 0.05) is 26.6 Å². The highest BCUT2D eigenvalue weighted by molar-refractivity contribution is 5.73. The second-order valence-corrected chi connectivity index (χ2v) is 3.75. The molecular formula is C9H14N4O2. The SMILES string of the molecule is COC1(c2nccn2C)CN(C(N)=O)C1.